The lowest BCUT2D eigenvalue weighted by Crippen LogP contribution is -2.10. The summed E-state index contributed by atoms with van der Waals surface area (Å²) in [5, 5.41) is 3.59. The van der Waals surface area contributed by atoms with E-state index in [4.69, 9.17) is 4.74 Å². The fourth-order valence-electron chi connectivity index (χ4n) is 2.32. The molecular weight excluding hydrogens is 258 g/mol. The summed E-state index contributed by atoms with van der Waals surface area (Å²) in [5.41, 5.74) is 3.74. The summed E-state index contributed by atoms with van der Waals surface area (Å²) in [6.07, 6.45) is 1.26. The van der Waals surface area contributed by atoms with Crippen LogP contribution in [0.4, 0.5) is 5.69 Å². The van der Waals surface area contributed by atoms with E-state index in [1.54, 1.807) is 0 Å². The van der Waals surface area contributed by atoms with Gasteiger partial charge in [0.15, 0.2) is 0 Å². The van der Waals surface area contributed by atoms with Crippen LogP contribution in [0.15, 0.2) is 48.5 Å². The molecule has 0 aliphatic rings. The van der Waals surface area contributed by atoms with E-state index in [1.165, 1.54) is 11.1 Å². The monoisotopic (exact) mass is 283 g/mol. The lowest BCUT2D eigenvalue weighted by Gasteiger charge is -2.19. The van der Waals surface area contributed by atoms with Crippen LogP contribution >= 0.6 is 0 Å². The number of aryl methyl sites for hydroxylation is 1. The molecule has 112 valence electrons. The van der Waals surface area contributed by atoms with Gasteiger partial charge in [0, 0.05) is 5.69 Å². The van der Waals surface area contributed by atoms with Gasteiger partial charge in [-0.1, -0.05) is 36.8 Å². The summed E-state index contributed by atoms with van der Waals surface area (Å²) >= 11 is 0. The maximum atomic E-state index is 5.67. The predicted molar refractivity (Wildman–Crippen MR) is 90.0 cm³/mol. The van der Waals surface area contributed by atoms with Gasteiger partial charge >= 0.3 is 0 Å². The van der Waals surface area contributed by atoms with Crippen molar-refractivity contribution in [3.8, 4) is 5.75 Å². The maximum Gasteiger partial charge on any atom is 0.119 e. The minimum Gasteiger partial charge on any atom is -0.491 e. The highest BCUT2D eigenvalue weighted by Gasteiger charge is 2.09. The third kappa shape index (κ3) is 4.52. The lowest BCUT2D eigenvalue weighted by molar-refractivity contribution is 0.242. The van der Waals surface area contributed by atoms with Crippen LogP contribution in [-0.2, 0) is 0 Å². The number of nitrogens with one attached hydrogen (secondary N) is 1. The highest BCUT2D eigenvalue weighted by Crippen LogP contribution is 2.24. The molecule has 0 aromatic heterocycles. The summed E-state index contributed by atoms with van der Waals surface area (Å²) in [4.78, 5) is 0. The maximum absolute atomic E-state index is 5.67. The van der Waals surface area contributed by atoms with E-state index in [2.05, 4.69) is 55.6 Å². The third-order valence-electron chi connectivity index (χ3n) is 3.45. The molecule has 0 saturated heterocycles. The molecule has 1 atom stereocenters. The van der Waals surface area contributed by atoms with E-state index in [-0.39, 0.29) is 6.10 Å². The Morgan fingerprint density at radius 3 is 2.10 bits per heavy atom. The second-order valence-electron chi connectivity index (χ2n) is 5.71. The van der Waals surface area contributed by atoms with Crippen molar-refractivity contribution < 1.29 is 4.74 Å². The molecule has 21 heavy (non-hydrogen) atoms. The van der Waals surface area contributed by atoms with Crippen LogP contribution in [0.5, 0.6) is 5.75 Å². The molecule has 0 saturated carbocycles. The van der Waals surface area contributed by atoms with Crippen LogP contribution in [0.3, 0.4) is 0 Å². The number of benzene rings is 2. The van der Waals surface area contributed by atoms with E-state index in [9.17, 15) is 0 Å². The molecule has 0 amide bonds. The molecule has 0 aliphatic carbocycles. The molecule has 0 fully saturated rings. The smallest absolute Gasteiger partial charge is 0.119 e. The average molecular weight is 283 g/mol. The highest BCUT2D eigenvalue weighted by molar-refractivity contribution is 5.48. The van der Waals surface area contributed by atoms with Gasteiger partial charge in [-0.3, -0.25) is 0 Å². The molecule has 2 heteroatoms. The van der Waals surface area contributed by atoms with Crippen molar-refractivity contribution in [1.82, 2.24) is 0 Å². The van der Waals surface area contributed by atoms with E-state index in [0.717, 1.165) is 17.9 Å². The third-order valence-corrected chi connectivity index (χ3v) is 3.45. The molecule has 2 aromatic rings. The molecular formula is C19H25NO. The van der Waals surface area contributed by atoms with E-state index in [1.807, 2.05) is 26.0 Å². The number of hydrogen-bond acceptors (Lipinski definition) is 2. The molecule has 0 spiro atoms. The summed E-state index contributed by atoms with van der Waals surface area (Å²) < 4.78 is 5.67. The first-order valence-electron chi connectivity index (χ1n) is 7.68. The van der Waals surface area contributed by atoms with Gasteiger partial charge in [-0.2, -0.15) is 0 Å². The summed E-state index contributed by atoms with van der Waals surface area (Å²) in [6.45, 7) is 8.40. The predicted octanol–water partition coefficient (Wildman–Crippen LogP) is 5.35. The summed E-state index contributed by atoms with van der Waals surface area (Å²) in [7, 11) is 0. The Morgan fingerprint density at radius 2 is 1.57 bits per heavy atom. The summed E-state index contributed by atoms with van der Waals surface area (Å²) in [5.74, 6) is 0.916. The number of hydrogen-bond donors (Lipinski definition) is 1. The number of anilines is 1. The standard InChI is InChI=1S/C19H25NO/c1-5-19(16-8-6-15(4)7-9-16)20-17-10-12-18(13-11-17)21-14(2)3/h6-14,19-20H,5H2,1-4H3. The van der Waals surface area contributed by atoms with Crippen LogP contribution < -0.4 is 10.1 Å². The second kappa shape index (κ2) is 7.16. The van der Waals surface area contributed by atoms with Crippen molar-refractivity contribution in [1.29, 1.82) is 0 Å². The van der Waals surface area contributed by atoms with Gasteiger partial charge in [0.25, 0.3) is 0 Å². The first-order chi connectivity index (χ1) is 10.1. The van der Waals surface area contributed by atoms with Gasteiger partial charge in [0.05, 0.1) is 12.1 Å². The number of rotatable bonds is 6. The quantitative estimate of drug-likeness (QED) is 0.772. The van der Waals surface area contributed by atoms with Gasteiger partial charge in [0.2, 0.25) is 0 Å². The Morgan fingerprint density at radius 1 is 0.952 bits per heavy atom. The largest absolute Gasteiger partial charge is 0.491 e. The first-order valence-corrected chi connectivity index (χ1v) is 7.68. The highest BCUT2D eigenvalue weighted by atomic mass is 16.5. The minimum absolute atomic E-state index is 0.208. The van der Waals surface area contributed by atoms with Gasteiger partial charge in [-0.05, 0) is 57.0 Å². The van der Waals surface area contributed by atoms with Crippen molar-refractivity contribution in [2.24, 2.45) is 0 Å². The Balaban J connectivity index is 2.06. The van der Waals surface area contributed by atoms with Crippen molar-refractivity contribution in [2.45, 2.75) is 46.3 Å². The van der Waals surface area contributed by atoms with Gasteiger partial charge in [0.1, 0.15) is 5.75 Å². The molecule has 0 aliphatic heterocycles. The van der Waals surface area contributed by atoms with Crippen molar-refractivity contribution in [3.05, 3.63) is 59.7 Å². The molecule has 2 nitrogen and oxygen atoms in total. The normalized spacial score (nSPS) is 12.2. The van der Waals surface area contributed by atoms with Crippen molar-refractivity contribution >= 4 is 5.69 Å². The van der Waals surface area contributed by atoms with Crippen LogP contribution in [0.25, 0.3) is 0 Å². The summed E-state index contributed by atoms with van der Waals surface area (Å²) in [6, 6.07) is 17.3. The SMILES string of the molecule is CCC(Nc1ccc(OC(C)C)cc1)c1ccc(C)cc1. The molecule has 0 bridgehead atoms. The lowest BCUT2D eigenvalue weighted by atomic mass is 10.0. The van der Waals surface area contributed by atoms with Crippen LogP contribution in [0.2, 0.25) is 0 Å². The van der Waals surface area contributed by atoms with E-state index < -0.39 is 0 Å². The van der Waals surface area contributed by atoms with Gasteiger partial charge in [-0.15, -0.1) is 0 Å². The molecule has 0 radical (unpaired) electrons. The van der Waals surface area contributed by atoms with Crippen molar-refractivity contribution in [3.63, 3.8) is 0 Å². The van der Waals surface area contributed by atoms with E-state index >= 15 is 0 Å². The molecule has 0 heterocycles. The molecule has 1 unspecified atom stereocenters. The Labute approximate surface area is 128 Å². The van der Waals surface area contributed by atoms with Gasteiger partial charge in [-0.25, -0.2) is 0 Å². The molecule has 2 rings (SSSR count). The molecule has 1 N–H and O–H groups in total. The number of ether oxygens (including phenoxy) is 1. The van der Waals surface area contributed by atoms with Crippen LogP contribution in [-0.4, -0.2) is 6.10 Å². The average Bonchev–Trinajstić information content (AvgIpc) is 2.47. The fourth-order valence-corrected chi connectivity index (χ4v) is 2.32. The van der Waals surface area contributed by atoms with Crippen molar-refractivity contribution in [2.75, 3.05) is 5.32 Å². The van der Waals surface area contributed by atoms with Crippen LogP contribution in [0, 0.1) is 6.92 Å². The topological polar surface area (TPSA) is 21.3 Å². The fraction of sp³-hybridized carbons (Fsp3) is 0.368. The second-order valence-corrected chi connectivity index (χ2v) is 5.71. The zero-order chi connectivity index (χ0) is 15.2. The first kappa shape index (κ1) is 15.4. The molecule has 2 aromatic carbocycles. The Kier molecular flexibility index (Phi) is 5.26. The zero-order valence-electron chi connectivity index (χ0n) is 13.4. The van der Waals surface area contributed by atoms with E-state index in [0.29, 0.717) is 6.04 Å². The van der Waals surface area contributed by atoms with Crippen LogP contribution in [0.1, 0.15) is 44.4 Å². The van der Waals surface area contributed by atoms with Gasteiger partial charge < -0.3 is 10.1 Å². The minimum atomic E-state index is 0.208. The Bertz CT molecular complexity index is 543. The zero-order valence-corrected chi connectivity index (χ0v) is 13.4. The Hall–Kier alpha value is -1.96.